The molecule has 0 saturated carbocycles. The number of imidazole rings is 1. The second kappa shape index (κ2) is 14.4. The molecule has 0 bridgehead atoms. The van der Waals surface area contributed by atoms with Gasteiger partial charge in [-0.1, -0.05) is 36.8 Å². The average Bonchev–Trinajstić information content (AvgIpc) is 3.60. The maximum absolute atomic E-state index is 12.1. The van der Waals surface area contributed by atoms with Crippen molar-refractivity contribution < 1.29 is 14.3 Å². The third-order valence-electron chi connectivity index (χ3n) is 6.48. The van der Waals surface area contributed by atoms with Gasteiger partial charge in [0.15, 0.2) is 11.5 Å². The number of aromatic nitrogens is 2. The van der Waals surface area contributed by atoms with Crippen LogP contribution in [0.3, 0.4) is 0 Å². The standard InChI is InChI=1S/C31H37N3O3S/c1-3-12-24-17-18-27(28(23-24)36-2)37-21-10-9-20-34-26-14-7-6-13-25(26)33-30(34)16-5-4-8-19-32-31(35)29-15-11-22-38-29/h3,6-7,11,13-15,17-18,22-23H,1,4-5,8-10,12,16,19-21H2,2H3,(H,32,35). The molecule has 2 heterocycles. The first-order valence-corrected chi connectivity index (χ1v) is 14.2. The van der Waals surface area contributed by atoms with E-state index in [4.69, 9.17) is 14.5 Å². The highest BCUT2D eigenvalue weighted by Gasteiger charge is 2.11. The molecule has 0 unspecified atom stereocenters. The molecule has 0 fully saturated rings. The van der Waals surface area contributed by atoms with E-state index in [9.17, 15) is 4.79 Å². The summed E-state index contributed by atoms with van der Waals surface area (Å²) in [6.45, 7) is 6.05. The molecule has 38 heavy (non-hydrogen) atoms. The van der Waals surface area contributed by atoms with Crippen molar-refractivity contribution in [2.75, 3.05) is 20.3 Å². The molecule has 4 rings (SSSR count). The van der Waals surface area contributed by atoms with E-state index >= 15 is 0 Å². The third kappa shape index (κ3) is 7.48. The van der Waals surface area contributed by atoms with Crippen LogP contribution in [-0.4, -0.2) is 35.7 Å². The van der Waals surface area contributed by atoms with Crippen molar-refractivity contribution in [1.82, 2.24) is 14.9 Å². The predicted octanol–water partition coefficient (Wildman–Crippen LogP) is 6.84. The van der Waals surface area contributed by atoms with Crippen molar-refractivity contribution in [2.24, 2.45) is 0 Å². The summed E-state index contributed by atoms with van der Waals surface area (Å²) >= 11 is 1.47. The Balaban J connectivity index is 1.23. The second-order valence-corrected chi connectivity index (χ2v) is 10.2. The summed E-state index contributed by atoms with van der Waals surface area (Å²) in [4.78, 5) is 17.8. The molecule has 0 aliphatic rings. The molecule has 1 amide bonds. The lowest BCUT2D eigenvalue weighted by Crippen LogP contribution is -2.23. The van der Waals surface area contributed by atoms with E-state index in [0.717, 1.165) is 84.8 Å². The summed E-state index contributed by atoms with van der Waals surface area (Å²) in [6, 6.07) is 18.2. The number of allylic oxidation sites excluding steroid dienone is 1. The molecule has 0 aliphatic carbocycles. The number of carbonyl (C=O) groups excluding carboxylic acids is 1. The number of amides is 1. The van der Waals surface area contributed by atoms with Crippen LogP contribution in [0.4, 0.5) is 0 Å². The van der Waals surface area contributed by atoms with Crippen molar-refractivity contribution in [3.05, 3.63) is 88.9 Å². The summed E-state index contributed by atoms with van der Waals surface area (Å²) in [5.74, 6) is 2.70. The van der Waals surface area contributed by atoms with Gasteiger partial charge in [-0.05, 0) is 73.4 Å². The summed E-state index contributed by atoms with van der Waals surface area (Å²) in [5, 5.41) is 4.94. The fraction of sp³-hybridized carbons (Fsp3) is 0.355. The first kappa shape index (κ1) is 27.5. The molecule has 0 atom stereocenters. The van der Waals surface area contributed by atoms with Crippen LogP contribution in [0.2, 0.25) is 0 Å². The summed E-state index contributed by atoms with van der Waals surface area (Å²) in [7, 11) is 1.67. The van der Waals surface area contributed by atoms with Crippen LogP contribution in [0.25, 0.3) is 11.0 Å². The van der Waals surface area contributed by atoms with Crippen molar-refractivity contribution in [3.8, 4) is 11.5 Å². The minimum absolute atomic E-state index is 0.0222. The van der Waals surface area contributed by atoms with Crippen molar-refractivity contribution in [2.45, 2.75) is 51.5 Å². The van der Waals surface area contributed by atoms with Crippen molar-refractivity contribution in [3.63, 3.8) is 0 Å². The van der Waals surface area contributed by atoms with E-state index in [1.165, 1.54) is 16.9 Å². The SMILES string of the molecule is C=CCc1ccc(OCCCCn2c(CCCCCNC(=O)c3cccs3)nc3ccccc32)c(OC)c1. The first-order valence-electron chi connectivity index (χ1n) is 13.4. The molecule has 7 heteroatoms. The minimum Gasteiger partial charge on any atom is -0.493 e. The molecule has 0 spiro atoms. The lowest BCUT2D eigenvalue weighted by Gasteiger charge is -2.13. The number of rotatable bonds is 16. The van der Waals surface area contributed by atoms with E-state index in [1.807, 2.05) is 41.8 Å². The normalized spacial score (nSPS) is 11.0. The number of hydrogen-bond acceptors (Lipinski definition) is 5. The zero-order valence-electron chi connectivity index (χ0n) is 22.2. The molecule has 6 nitrogen and oxygen atoms in total. The summed E-state index contributed by atoms with van der Waals surface area (Å²) in [6.07, 6.45) is 8.62. The smallest absolute Gasteiger partial charge is 0.261 e. The number of benzene rings is 2. The number of nitrogens with one attached hydrogen (secondary N) is 1. The maximum Gasteiger partial charge on any atom is 0.261 e. The molecule has 0 saturated heterocycles. The number of fused-ring (bicyclic) bond motifs is 1. The van der Waals surface area contributed by atoms with E-state index in [0.29, 0.717) is 13.2 Å². The van der Waals surface area contributed by atoms with Crippen LogP contribution in [0, 0.1) is 0 Å². The fourth-order valence-electron chi connectivity index (χ4n) is 4.53. The van der Waals surface area contributed by atoms with E-state index in [-0.39, 0.29) is 5.91 Å². The first-order chi connectivity index (χ1) is 18.7. The van der Waals surface area contributed by atoms with Gasteiger partial charge in [0.25, 0.3) is 5.91 Å². The Hall–Kier alpha value is -3.58. The van der Waals surface area contributed by atoms with Crippen LogP contribution in [0.15, 0.2) is 72.6 Å². The van der Waals surface area contributed by atoms with Crippen molar-refractivity contribution >= 4 is 28.3 Å². The third-order valence-corrected chi connectivity index (χ3v) is 7.35. The van der Waals surface area contributed by atoms with Gasteiger partial charge in [0.2, 0.25) is 0 Å². The lowest BCUT2D eigenvalue weighted by molar-refractivity contribution is 0.0957. The zero-order chi connectivity index (χ0) is 26.6. The second-order valence-electron chi connectivity index (χ2n) is 9.25. The van der Waals surface area contributed by atoms with Gasteiger partial charge < -0.3 is 19.4 Å². The molecular weight excluding hydrogens is 494 g/mol. The molecule has 2 aromatic carbocycles. The van der Waals surface area contributed by atoms with Gasteiger partial charge in [-0.3, -0.25) is 4.79 Å². The Morgan fingerprint density at radius 1 is 1.05 bits per heavy atom. The number of nitrogens with zero attached hydrogens (tertiary/aromatic N) is 2. The molecule has 4 aromatic rings. The summed E-state index contributed by atoms with van der Waals surface area (Å²) < 4.78 is 13.9. The van der Waals surface area contributed by atoms with Gasteiger partial charge in [0.05, 0.1) is 29.6 Å². The van der Waals surface area contributed by atoms with Gasteiger partial charge >= 0.3 is 0 Å². The topological polar surface area (TPSA) is 65.4 Å². The highest BCUT2D eigenvalue weighted by atomic mass is 32.1. The number of unbranched alkanes of at least 4 members (excludes halogenated alkanes) is 3. The quantitative estimate of drug-likeness (QED) is 0.127. The molecule has 200 valence electrons. The Kier molecular flexibility index (Phi) is 10.4. The Morgan fingerprint density at radius 2 is 1.95 bits per heavy atom. The largest absolute Gasteiger partial charge is 0.493 e. The lowest BCUT2D eigenvalue weighted by atomic mass is 10.1. The van der Waals surface area contributed by atoms with Crippen LogP contribution in [-0.2, 0) is 19.4 Å². The molecule has 1 N–H and O–H groups in total. The number of carbonyl (C=O) groups is 1. The van der Waals surface area contributed by atoms with E-state index < -0.39 is 0 Å². The number of aryl methyl sites for hydroxylation is 2. The number of methoxy groups -OCH3 is 1. The van der Waals surface area contributed by atoms with Crippen LogP contribution < -0.4 is 14.8 Å². The van der Waals surface area contributed by atoms with Crippen molar-refractivity contribution in [1.29, 1.82) is 0 Å². The number of hydrogen-bond donors (Lipinski definition) is 1. The number of thiophene rings is 1. The van der Waals surface area contributed by atoms with E-state index in [2.05, 4.69) is 40.7 Å². The molecule has 0 radical (unpaired) electrons. The monoisotopic (exact) mass is 531 g/mol. The Morgan fingerprint density at radius 3 is 2.76 bits per heavy atom. The van der Waals surface area contributed by atoms with Crippen LogP contribution in [0.5, 0.6) is 11.5 Å². The highest BCUT2D eigenvalue weighted by molar-refractivity contribution is 7.12. The average molecular weight is 532 g/mol. The summed E-state index contributed by atoms with van der Waals surface area (Å²) in [5.41, 5.74) is 3.39. The molecular formula is C31H37N3O3S. The van der Waals surface area contributed by atoms with Gasteiger partial charge in [-0.15, -0.1) is 17.9 Å². The van der Waals surface area contributed by atoms with Crippen LogP contribution in [0.1, 0.15) is 53.2 Å². The zero-order valence-corrected chi connectivity index (χ0v) is 23.0. The van der Waals surface area contributed by atoms with Gasteiger partial charge in [0, 0.05) is 19.5 Å². The maximum atomic E-state index is 12.1. The highest BCUT2D eigenvalue weighted by Crippen LogP contribution is 2.28. The molecule has 2 aromatic heterocycles. The Labute approximate surface area is 229 Å². The predicted molar refractivity (Wildman–Crippen MR) is 156 cm³/mol. The van der Waals surface area contributed by atoms with E-state index in [1.54, 1.807) is 7.11 Å². The van der Waals surface area contributed by atoms with Gasteiger partial charge in [-0.25, -0.2) is 4.98 Å². The van der Waals surface area contributed by atoms with Gasteiger partial charge in [-0.2, -0.15) is 0 Å². The Bertz CT molecular complexity index is 1310. The fourth-order valence-corrected chi connectivity index (χ4v) is 5.17. The van der Waals surface area contributed by atoms with Crippen LogP contribution >= 0.6 is 11.3 Å². The minimum atomic E-state index is 0.0222. The van der Waals surface area contributed by atoms with Gasteiger partial charge in [0.1, 0.15) is 5.82 Å². The number of ether oxygens (including phenoxy) is 2. The number of para-hydroxylation sites is 2. The molecule has 0 aliphatic heterocycles.